The predicted molar refractivity (Wildman–Crippen MR) is 75.4 cm³/mol. The molecule has 6 heteroatoms. The molecule has 0 saturated carbocycles. The SMILES string of the molecule is COc1nn(CC2=CCC(OC)C=C2)c(=O)cc1Br. The van der Waals surface area contributed by atoms with E-state index < -0.39 is 0 Å². The molecule has 1 aliphatic carbocycles. The van der Waals surface area contributed by atoms with E-state index in [1.807, 2.05) is 12.2 Å². The Morgan fingerprint density at radius 3 is 2.89 bits per heavy atom. The average molecular weight is 327 g/mol. The van der Waals surface area contributed by atoms with Gasteiger partial charge in [0.05, 0.1) is 24.2 Å². The second kappa shape index (κ2) is 6.16. The third-order valence-electron chi connectivity index (χ3n) is 2.89. The van der Waals surface area contributed by atoms with E-state index in [9.17, 15) is 4.79 Å². The lowest BCUT2D eigenvalue weighted by atomic mass is 10.1. The second-order valence-electron chi connectivity index (χ2n) is 4.15. The number of methoxy groups -OCH3 is 2. The summed E-state index contributed by atoms with van der Waals surface area (Å²) in [6.07, 6.45) is 6.92. The van der Waals surface area contributed by atoms with Crippen LogP contribution in [0.25, 0.3) is 0 Å². The maximum Gasteiger partial charge on any atom is 0.268 e. The summed E-state index contributed by atoms with van der Waals surface area (Å²) in [6.45, 7) is 0.426. The number of ether oxygens (including phenoxy) is 2. The van der Waals surface area contributed by atoms with Gasteiger partial charge in [-0.2, -0.15) is 0 Å². The number of halogens is 1. The van der Waals surface area contributed by atoms with Gasteiger partial charge in [-0.25, -0.2) is 4.68 Å². The summed E-state index contributed by atoms with van der Waals surface area (Å²) < 4.78 is 12.3. The topological polar surface area (TPSA) is 53.4 Å². The third-order valence-corrected chi connectivity index (χ3v) is 3.45. The molecule has 0 N–H and O–H groups in total. The van der Waals surface area contributed by atoms with Crippen molar-refractivity contribution in [3.8, 4) is 5.88 Å². The summed E-state index contributed by atoms with van der Waals surface area (Å²) >= 11 is 3.24. The molecular formula is C13H15BrN2O3. The van der Waals surface area contributed by atoms with Gasteiger partial charge in [0, 0.05) is 13.2 Å². The molecule has 1 atom stereocenters. The monoisotopic (exact) mass is 326 g/mol. The molecule has 1 aromatic rings. The van der Waals surface area contributed by atoms with E-state index in [0.29, 0.717) is 16.9 Å². The minimum absolute atomic E-state index is 0.118. The molecule has 1 aromatic heterocycles. The lowest BCUT2D eigenvalue weighted by Gasteiger charge is -2.15. The molecule has 0 aliphatic heterocycles. The first-order valence-electron chi connectivity index (χ1n) is 5.85. The molecule has 1 heterocycles. The molecule has 1 aliphatic rings. The summed E-state index contributed by atoms with van der Waals surface area (Å²) in [7, 11) is 3.20. The van der Waals surface area contributed by atoms with Gasteiger partial charge < -0.3 is 9.47 Å². The van der Waals surface area contributed by atoms with Crippen molar-refractivity contribution in [2.45, 2.75) is 19.1 Å². The van der Waals surface area contributed by atoms with E-state index in [-0.39, 0.29) is 11.7 Å². The fourth-order valence-corrected chi connectivity index (χ4v) is 2.25. The zero-order chi connectivity index (χ0) is 13.8. The molecule has 0 aromatic carbocycles. The highest BCUT2D eigenvalue weighted by Gasteiger charge is 2.11. The minimum atomic E-state index is -0.171. The van der Waals surface area contributed by atoms with Gasteiger partial charge in [0.1, 0.15) is 0 Å². The van der Waals surface area contributed by atoms with Gasteiger partial charge in [0.15, 0.2) is 0 Å². The molecule has 0 amide bonds. The predicted octanol–water partition coefficient (Wildman–Crippen LogP) is 1.92. The van der Waals surface area contributed by atoms with Crippen LogP contribution in [0, 0.1) is 0 Å². The van der Waals surface area contributed by atoms with Crippen LogP contribution in [0.5, 0.6) is 5.88 Å². The fraction of sp³-hybridized carbons (Fsp3) is 0.385. The molecule has 19 heavy (non-hydrogen) atoms. The van der Waals surface area contributed by atoms with Crippen molar-refractivity contribution in [3.63, 3.8) is 0 Å². The van der Waals surface area contributed by atoms with Crippen molar-refractivity contribution < 1.29 is 9.47 Å². The van der Waals surface area contributed by atoms with Gasteiger partial charge in [-0.1, -0.05) is 18.2 Å². The van der Waals surface area contributed by atoms with Crippen LogP contribution in [0.2, 0.25) is 0 Å². The smallest absolute Gasteiger partial charge is 0.268 e. The zero-order valence-corrected chi connectivity index (χ0v) is 12.4. The molecule has 0 bridgehead atoms. The molecule has 5 nitrogen and oxygen atoms in total. The van der Waals surface area contributed by atoms with Gasteiger partial charge in [0.2, 0.25) is 5.88 Å². The number of rotatable bonds is 4. The third kappa shape index (κ3) is 3.33. The first-order chi connectivity index (χ1) is 9.13. The van der Waals surface area contributed by atoms with Crippen LogP contribution < -0.4 is 10.3 Å². The van der Waals surface area contributed by atoms with E-state index in [0.717, 1.165) is 12.0 Å². The van der Waals surface area contributed by atoms with Gasteiger partial charge in [-0.15, -0.1) is 5.10 Å². The van der Waals surface area contributed by atoms with Crippen molar-refractivity contribution >= 4 is 15.9 Å². The molecule has 1 unspecified atom stereocenters. The molecule has 102 valence electrons. The van der Waals surface area contributed by atoms with E-state index >= 15 is 0 Å². The van der Waals surface area contributed by atoms with E-state index in [1.54, 1.807) is 7.11 Å². The van der Waals surface area contributed by atoms with Gasteiger partial charge >= 0.3 is 0 Å². The van der Waals surface area contributed by atoms with Crippen LogP contribution in [0.3, 0.4) is 0 Å². The Balaban J connectivity index is 2.19. The van der Waals surface area contributed by atoms with E-state index in [1.165, 1.54) is 17.9 Å². The number of hydrogen-bond acceptors (Lipinski definition) is 4. The van der Waals surface area contributed by atoms with Crippen LogP contribution in [-0.2, 0) is 11.3 Å². The van der Waals surface area contributed by atoms with Crippen molar-refractivity contribution in [2.24, 2.45) is 0 Å². The van der Waals surface area contributed by atoms with Crippen molar-refractivity contribution in [1.82, 2.24) is 9.78 Å². The minimum Gasteiger partial charge on any atom is -0.479 e. The average Bonchev–Trinajstić information content (AvgIpc) is 2.42. The fourth-order valence-electron chi connectivity index (χ4n) is 1.81. The Bertz CT molecular complexity index is 578. The van der Waals surface area contributed by atoms with Crippen LogP contribution in [0.1, 0.15) is 6.42 Å². The molecule has 2 rings (SSSR count). The van der Waals surface area contributed by atoms with Crippen LogP contribution in [0.4, 0.5) is 0 Å². The van der Waals surface area contributed by atoms with Crippen molar-refractivity contribution in [1.29, 1.82) is 0 Å². The maximum atomic E-state index is 11.8. The van der Waals surface area contributed by atoms with Gasteiger partial charge in [-0.3, -0.25) is 4.79 Å². The summed E-state index contributed by atoms with van der Waals surface area (Å²) in [5, 5.41) is 4.15. The van der Waals surface area contributed by atoms with Crippen molar-refractivity contribution in [2.75, 3.05) is 14.2 Å². The largest absolute Gasteiger partial charge is 0.479 e. The lowest BCUT2D eigenvalue weighted by molar-refractivity contribution is 0.142. The summed E-state index contributed by atoms with van der Waals surface area (Å²) in [6, 6.07) is 1.46. The van der Waals surface area contributed by atoms with E-state index in [2.05, 4.69) is 27.1 Å². The Morgan fingerprint density at radius 2 is 2.32 bits per heavy atom. The zero-order valence-electron chi connectivity index (χ0n) is 10.8. The highest BCUT2D eigenvalue weighted by Crippen LogP contribution is 2.19. The standard InChI is InChI=1S/C13H15BrN2O3/c1-18-10-5-3-9(4-6-10)8-16-12(17)7-11(14)13(15-16)19-2/h3-5,7,10H,6,8H2,1-2H3. The summed E-state index contributed by atoms with van der Waals surface area (Å²) in [4.78, 5) is 11.8. The molecular weight excluding hydrogens is 312 g/mol. The number of nitrogens with zero attached hydrogens (tertiary/aromatic N) is 2. The van der Waals surface area contributed by atoms with Gasteiger partial charge in [0.25, 0.3) is 5.56 Å². The first-order valence-corrected chi connectivity index (χ1v) is 6.65. The molecule has 0 radical (unpaired) electrons. The molecule has 0 spiro atoms. The molecule has 0 saturated heterocycles. The number of aromatic nitrogens is 2. The Kier molecular flexibility index (Phi) is 4.55. The Morgan fingerprint density at radius 1 is 1.53 bits per heavy atom. The van der Waals surface area contributed by atoms with Crippen LogP contribution >= 0.6 is 15.9 Å². The summed E-state index contributed by atoms with van der Waals surface area (Å²) in [5.74, 6) is 0.398. The van der Waals surface area contributed by atoms with E-state index in [4.69, 9.17) is 9.47 Å². The quantitative estimate of drug-likeness (QED) is 0.848. The number of allylic oxidation sites excluding steroid dienone is 2. The maximum absolute atomic E-state index is 11.8. The van der Waals surface area contributed by atoms with Crippen LogP contribution in [0.15, 0.2) is 39.1 Å². The second-order valence-corrected chi connectivity index (χ2v) is 5.00. The normalized spacial score (nSPS) is 18.3. The van der Waals surface area contributed by atoms with Crippen LogP contribution in [-0.4, -0.2) is 30.1 Å². The Hall–Kier alpha value is -1.40. The lowest BCUT2D eigenvalue weighted by Crippen LogP contribution is -2.24. The highest BCUT2D eigenvalue weighted by atomic mass is 79.9. The first kappa shape index (κ1) is 14.0. The van der Waals surface area contributed by atoms with Crippen molar-refractivity contribution in [3.05, 3.63) is 44.7 Å². The van der Waals surface area contributed by atoms with Gasteiger partial charge in [-0.05, 0) is 27.9 Å². The Labute approximate surface area is 119 Å². The highest BCUT2D eigenvalue weighted by molar-refractivity contribution is 9.10. The number of hydrogen-bond donors (Lipinski definition) is 0. The molecule has 0 fully saturated rings. The summed E-state index contributed by atoms with van der Waals surface area (Å²) in [5.41, 5.74) is 0.864.